The molecule has 1 aliphatic rings. The van der Waals surface area contributed by atoms with Gasteiger partial charge in [-0.15, -0.1) is 0 Å². The minimum absolute atomic E-state index is 0.00182. The van der Waals surface area contributed by atoms with Gasteiger partial charge >= 0.3 is 0 Å². The van der Waals surface area contributed by atoms with Gasteiger partial charge in [-0.05, 0) is 24.9 Å². The summed E-state index contributed by atoms with van der Waals surface area (Å²) in [4.78, 5) is 23.2. The predicted octanol–water partition coefficient (Wildman–Crippen LogP) is 0.120. The molecule has 0 radical (unpaired) electrons. The number of hydrogen-bond donors (Lipinski definition) is 3. The summed E-state index contributed by atoms with van der Waals surface area (Å²) in [6, 6.07) is 0. The molecule has 0 spiro atoms. The Morgan fingerprint density at radius 1 is 1.22 bits per heavy atom. The summed E-state index contributed by atoms with van der Waals surface area (Å²) in [7, 11) is 0. The topological polar surface area (TPSA) is 70.2 Å². The summed E-state index contributed by atoms with van der Waals surface area (Å²) in [6.07, 6.45) is 0.355. The van der Waals surface area contributed by atoms with Gasteiger partial charge in [0.15, 0.2) is 0 Å². The number of amides is 2. The Morgan fingerprint density at radius 3 is 2.39 bits per heavy atom. The predicted molar refractivity (Wildman–Crippen MR) is 71.0 cm³/mol. The van der Waals surface area contributed by atoms with Crippen LogP contribution in [0.1, 0.15) is 27.2 Å². The standard InChI is InChI=1S/C13H25N3O2/c1-9(2)6-16-12(17)4-5-15-13(18)10(3)11-7-14-8-11/h9-11,14H,4-8H2,1-3H3,(H,15,18)(H,16,17). The third kappa shape index (κ3) is 5.04. The molecule has 0 aliphatic carbocycles. The SMILES string of the molecule is CC(C)CNC(=O)CCNC(=O)C(C)C1CNC1. The van der Waals surface area contributed by atoms with E-state index in [1.807, 2.05) is 6.92 Å². The highest BCUT2D eigenvalue weighted by molar-refractivity contribution is 5.80. The van der Waals surface area contributed by atoms with Crippen molar-refractivity contribution < 1.29 is 9.59 Å². The number of carbonyl (C=O) groups is 2. The van der Waals surface area contributed by atoms with E-state index in [4.69, 9.17) is 0 Å². The van der Waals surface area contributed by atoms with E-state index in [-0.39, 0.29) is 17.7 Å². The van der Waals surface area contributed by atoms with E-state index in [1.165, 1.54) is 0 Å². The third-order valence-electron chi connectivity index (χ3n) is 3.29. The van der Waals surface area contributed by atoms with Gasteiger partial charge in [-0.1, -0.05) is 20.8 Å². The summed E-state index contributed by atoms with van der Waals surface area (Å²) >= 11 is 0. The Labute approximate surface area is 109 Å². The second kappa shape index (κ2) is 7.36. The van der Waals surface area contributed by atoms with Crippen LogP contribution in [0.25, 0.3) is 0 Å². The Morgan fingerprint density at radius 2 is 1.89 bits per heavy atom. The molecule has 1 aliphatic heterocycles. The van der Waals surface area contributed by atoms with Crippen molar-refractivity contribution in [3.8, 4) is 0 Å². The summed E-state index contributed by atoms with van der Waals surface area (Å²) in [5.41, 5.74) is 0. The summed E-state index contributed by atoms with van der Waals surface area (Å²) in [6.45, 7) is 9.00. The maximum absolute atomic E-state index is 11.8. The van der Waals surface area contributed by atoms with Crippen LogP contribution in [-0.4, -0.2) is 38.0 Å². The van der Waals surface area contributed by atoms with Gasteiger partial charge in [-0.3, -0.25) is 9.59 Å². The van der Waals surface area contributed by atoms with Crippen molar-refractivity contribution in [2.24, 2.45) is 17.8 Å². The first-order valence-electron chi connectivity index (χ1n) is 6.75. The molecule has 1 heterocycles. The molecule has 104 valence electrons. The van der Waals surface area contributed by atoms with E-state index in [0.29, 0.717) is 31.3 Å². The zero-order chi connectivity index (χ0) is 13.5. The van der Waals surface area contributed by atoms with Gasteiger partial charge in [0.25, 0.3) is 0 Å². The average Bonchev–Trinajstić information content (AvgIpc) is 2.23. The van der Waals surface area contributed by atoms with Crippen LogP contribution in [0.3, 0.4) is 0 Å². The molecule has 1 unspecified atom stereocenters. The number of nitrogens with one attached hydrogen (secondary N) is 3. The van der Waals surface area contributed by atoms with Crippen molar-refractivity contribution in [1.29, 1.82) is 0 Å². The van der Waals surface area contributed by atoms with Crippen LogP contribution < -0.4 is 16.0 Å². The van der Waals surface area contributed by atoms with E-state index in [9.17, 15) is 9.59 Å². The van der Waals surface area contributed by atoms with Gasteiger partial charge in [0.05, 0.1) is 0 Å². The van der Waals surface area contributed by atoms with Crippen molar-refractivity contribution in [1.82, 2.24) is 16.0 Å². The van der Waals surface area contributed by atoms with Crippen LogP contribution in [0.15, 0.2) is 0 Å². The lowest BCUT2D eigenvalue weighted by molar-refractivity contribution is -0.126. The minimum Gasteiger partial charge on any atom is -0.356 e. The van der Waals surface area contributed by atoms with Crippen molar-refractivity contribution in [2.45, 2.75) is 27.2 Å². The number of carbonyl (C=O) groups excluding carboxylic acids is 2. The van der Waals surface area contributed by atoms with E-state index in [2.05, 4.69) is 29.8 Å². The summed E-state index contributed by atoms with van der Waals surface area (Å²) in [5.74, 6) is 0.986. The second-order valence-corrected chi connectivity index (χ2v) is 5.45. The monoisotopic (exact) mass is 255 g/mol. The molecule has 1 saturated heterocycles. The van der Waals surface area contributed by atoms with Crippen LogP contribution in [0.4, 0.5) is 0 Å². The minimum atomic E-state index is 0.00182. The molecule has 0 saturated carbocycles. The molecule has 5 heteroatoms. The Kier molecular flexibility index (Phi) is 6.12. The molecule has 1 rings (SSSR count). The molecule has 2 amide bonds. The fourth-order valence-electron chi connectivity index (χ4n) is 1.75. The lowest BCUT2D eigenvalue weighted by Crippen LogP contribution is -2.49. The van der Waals surface area contributed by atoms with Gasteiger partial charge in [0, 0.05) is 25.4 Å². The molecule has 0 aromatic rings. The molecule has 0 bridgehead atoms. The van der Waals surface area contributed by atoms with Gasteiger partial charge in [0.2, 0.25) is 11.8 Å². The molecule has 5 nitrogen and oxygen atoms in total. The maximum atomic E-state index is 11.8. The van der Waals surface area contributed by atoms with Crippen LogP contribution in [0.5, 0.6) is 0 Å². The molecule has 18 heavy (non-hydrogen) atoms. The van der Waals surface area contributed by atoms with Gasteiger partial charge in [-0.25, -0.2) is 0 Å². The quantitative estimate of drug-likeness (QED) is 0.605. The largest absolute Gasteiger partial charge is 0.356 e. The molecule has 3 N–H and O–H groups in total. The lowest BCUT2D eigenvalue weighted by atomic mass is 9.88. The van der Waals surface area contributed by atoms with Crippen molar-refractivity contribution >= 4 is 11.8 Å². The molecular weight excluding hydrogens is 230 g/mol. The van der Waals surface area contributed by atoms with Crippen LogP contribution in [0.2, 0.25) is 0 Å². The molecule has 0 aromatic heterocycles. The Hall–Kier alpha value is -1.10. The van der Waals surface area contributed by atoms with Crippen molar-refractivity contribution in [2.75, 3.05) is 26.2 Å². The molecule has 0 aromatic carbocycles. The zero-order valence-electron chi connectivity index (χ0n) is 11.6. The van der Waals surface area contributed by atoms with Crippen LogP contribution in [-0.2, 0) is 9.59 Å². The molecule has 1 fully saturated rings. The van der Waals surface area contributed by atoms with Crippen molar-refractivity contribution in [3.05, 3.63) is 0 Å². The number of rotatable bonds is 7. The third-order valence-corrected chi connectivity index (χ3v) is 3.29. The van der Waals surface area contributed by atoms with E-state index >= 15 is 0 Å². The fourth-order valence-corrected chi connectivity index (χ4v) is 1.75. The smallest absolute Gasteiger partial charge is 0.223 e. The van der Waals surface area contributed by atoms with Crippen LogP contribution >= 0.6 is 0 Å². The molecular formula is C13H25N3O2. The Balaban J connectivity index is 2.09. The van der Waals surface area contributed by atoms with Crippen LogP contribution in [0, 0.1) is 17.8 Å². The highest BCUT2D eigenvalue weighted by Gasteiger charge is 2.28. The van der Waals surface area contributed by atoms with E-state index in [1.54, 1.807) is 0 Å². The first kappa shape index (κ1) is 15.0. The van der Waals surface area contributed by atoms with Gasteiger partial charge in [0.1, 0.15) is 0 Å². The van der Waals surface area contributed by atoms with Gasteiger partial charge in [-0.2, -0.15) is 0 Å². The second-order valence-electron chi connectivity index (χ2n) is 5.45. The maximum Gasteiger partial charge on any atom is 0.223 e. The highest BCUT2D eigenvalue weighted by atomic mass is 16.2. The van der Waals surface area contributed by atoms with Crippen molar-refractivity contribution in [3.63, 3.8) is 0 Å². The highest BCUT2D eigenvalue weighted by Crippen LogP contribution is 2.15. The normalized spacial score (nSPS) is 17.1. The summed E-state index contributed by atoms with van der Waals surface area (Å²) in [5, 5.41) is 8.81. The average molecular weight is 255 g/mol. The fraction of sp³-hybridized carbons (Fsp3) is 0.846. The Bertz CT molecular complexity index is 288. The first-order chi connectivity index (χ1) is 8.50. The molecule has 1 atom stereocenters. The number of hydrogen-bond acceptors (Lipinski definition) is 3. The van der Waals surface area contributed by atoms with E-state index in [0.717, 1.165) is 13.1 Å². The van der Waals surface area contributed by atoms with Gasteiger partial charge < -0.3 is 16.0 Å². The summed E-state index contributed by atoms with van der Waals surface area (Å²) < 4.78 is 0. The lowest BCUT2D eigenvalue weighted by Gasteiger charge is -2.31. The van der Waals surface area contributed by atoms with E-state index < -0.39 is 0 Å². The zero-order valence-corrected chi connectivity index (χ0v) is 11.6. The first-order valence-corrected chi connectivity index (χ1v) is 6.75.